The third-order valence-corrected chi connectivity index (χ3v) is 3.15. The number of aliphatic hydroxyl groups is 1. The summed E-state index contributed by atoms with van der Waals surface area (Å²) in [4.78, 5) is 6.05. The number of nitrogens with two attached hydrogens (primary N) is 1. The van der Waals surface area contributed by atoms with Crippen LogP contribution in [0.2, 0.25) is 0 Å². The molecule has 1 unspecified atom stereocenters. The number of aromatic nitrogens is 1. The first-order chi connectivity index (χ1) is 9.08. The lowest BCUT2D eigenvalue weighted by Crippen LogP contribution is -2.09. The molecular formula is C15H19N3O. The molecule has 0 saturated heterocycles. The number of aliphatic hydroxyl groups excluding tert-OH is 1. The van der Waals surface area contributed by atoms with Gasteiger partial charge in [-0.15, -0.1) is 0 Å². The van der Waals surface area contributed by atoms with Crippen molar-refractivity contribution in [2.45, 2.75) is 12.5 Å². The lowest BCUT2D eigenvalue weighted by molar-refractivity contribution is 0.178. The molecule has 100 valence electrons. The Morgan fingerprint density at radius 2 is 1.89 bits per heavy atom. The fourth-order valence-electron chi connectivity index (χ4n) is 1.93. The van der Waals surface area contributed by atoms with Crippen LogP contribution in [0.15, 0.2) is 42.7 Å². The quantitative estimate of drug-likeness (QED) is 0.879. The molecule has 1 atom stereocenters. The third-order valence-electron chi connectivity index (χ3n) is 3.15. The number of hydrogen-bond acceptors (Lipinski definition) is 4. The van der Waals surface area contributed by atoms with Crippen LogP contribution in [0.25, 0.3) is 0 Å². The molecule has 0 bridgehead atoms. The number of hydrogen-bond donors (Lipinski definition) is 2. The Kier molecular flexibility index (Phi) is 4.02. The van der Waals surface area contributed by atoms with Crippen LogP contribution in [0, 0.1) is 0 Å². The monoisotopic (exact) mass is 257 g/mol. The number of nitrogens with zero attached hydrogens (tertiary/aromatic N) is 2. The second-order valence-corrected chi connectivity index (χ2v) is 4.78. The average molecular weight is 257 g/mol. The Labute approximate surface area is 113 Å². The van der Waals surface area contributed by atoms with Gasteiger partial charge < -0.3 is 15.7 Å². The van der Waals surface area contributed by atoms with E-state index in [2.05, 4.69) is 4.98 Å². The minimum Gasteiger partial charge on any atom is -0.398 e. The van der Waals surface area contributed by atoms with Crippen LogP contribution < -0.4 is 10.6 Å². The molecule has 19 heavy (non-hydrogen) atoms. The number of nitrogen functional groups attached to an aromatic ring is 1. The summed E-state index contributed by atoms with van der Waals surface area (Å²) in [5.41, 5.74) is 9.38. The van der Waals surface area contributed by atoms with Crippen LogP contribution in [0.4, 0.5) is 11.4 Å². The predicted octanol–water partition coefficient (Wildman–Crippen LogP) is 2.01. The lowest BCUT2D eigenvalue weighted by atomic mass is 10.0. The number of anilines is 2. The van der Waals surface area contributed by atoms with Crippen molar-refractivity contribution < 1.29 is 5.11 Å². The first-order valence-electron chi connectivity index (χ1n) is 6.21. The molecule has 0 saturated carbocycles. The molecule has 4 nitrogen and oxygen atoms in total. The fraction of sp³-hybridized carbons (Fsp3) is 0.267. The molecule has 1 aromatic heterocycles. The Morgan fingerprint density at radius 3 is 2.47 bits per heavy atom. The fourth-order valence-corrected chi connectivity index (χ4v) is 1.93. The molecule has 0 fully saturated rings. The normalized spacial score (nSPS) is 12.2. The minimum atomic E-state index is -0.567. The second-order valence-electron chi connectivity index (χ2n) is 4.78. The van der Waals surface area contributed by atoms with Crippen molar-refractivity contribution in [1.29, 1.82) is 0 Å². The smallest absolute Gasteiger partial charge is 0.0831 e. The second kappa shape index (κ2) is 5.71. The van der Waals surface area contributed by atoms with Crippen LogP contribution in [-0.2, 0) is 6.42 Å². The van der Waals surface area contributed by atoms with Gasteiger partial charge in [0.1, 0.15) is 0 Å². The summed E-state index contributed by atoms with van der Waals surface area (Å²) in [6, 6.07) is 9.60. The van der Waals surface area contributed by atoms with E-state index < -0.39 is 6.10 Å². The predicted molar refractivity (Wildman–Crippen MR) is 78.1 cm³/mol. The van der Waals surface area contributed by atoms with E-state index in [-0.39, 0.29) is 0 Å². The number of rotatable bonds is 4. The first kappa shape index (κ1) is 13.4. The van der Waals surface area contributed by atoms with E-state index in [1.54, 1.807) is 18.5 Å². The molecule has 0 aliphatic heterocycles. The molecule has 1 aromatic carbocycles. The maximum atomic E-state index is 10.2. The van der Waals surface area contributed by atoms with Gasteiger partial charge in [0.15, 0.2) is 0 Å². The molecule has 3 N–H and O–H groups in total. The topological polar surface area (TPSA) is 62.4 Å². The van der Waals surface area contributed by atoms with Gasteiger partial charge in [-0.25, -0.2) is 0 Å². The molecule has 2 aromatic rings. The zero-order valence-corrected chi connectivity index (χ0v) is 11.2. The maximum absolute atomic E-state index is 10.2. The van der Waals surface area contributed by atoms with E-state index in [1.165, 1.54) is 0 Å². The van der Waals surface area contributed by atoms with Gasteiger partial charge in [-0.2, -0.15) is 0 Å². The molecule has 0 spiro atoms. The van der Waals surface area contributed by atoms with Crippen LogP contribution in [-0.4, -0.2) is 24.2 Å². The SMILES string of the molecule is CN(C)c1ccc(C(O)Cc2cnccc2N)cc1. The van der Waals surface area contributed by atoms with Crippen molar-refractivity contribution in [3.63, 3.8) is 0 Å². The molecule has 0 aliphatic rings. The van der Waals surface area contributed by atoms with Crippen molar-refractivity contribution in [1.82, 2.24) is 4.98 Å². The summed E-state index contributed by atoms with van der Waals surface area (Å²) in [5.74, 6) is 0. The van der Waals surface area contributed by atoms with Gasteiger partial charge in [-0.1, -0.05) is 12.1 Å². The molecule has 0 radical (unpaired) electrons. The van der Waals surface area contributed by atoms with Gasteiger partial charge in [0.05, 0.1) is 6.10 Å². The number of benzene rings is 1. The van der Waals surface area contributed by atoms with Gasteiger partial charge in [0.25, 0.3) is 0 Å². The standard InChI is InChI=1S/C15H19N3O/c1-18(2)13-5-3-11(4-6-13)15(19)9-12-10-17-8-7-14(12)16/h3-8,10,15,19H,9H2,1-2H3,(H2,16,17). The molecular weight excluding hydrogens is 238 g/mol. The van der Waals surface area contributed by atoms with E-state index >= 15 is 0 Å². The highest BCUT2D eigenvalue weighted by Crippen LogP contribution is 2.23. The zero-order valence-electron chi connectivity index (χ0n) is 11.2. The third kappa shape index (κ3) is 3.23. The summed E-state index contributed by atoms with van der Waals surface area (Å²) in [5, 5.41) is 10.2. The van der Waals surface area contributed by atoms with Gasteiger partial charge in [-0.3, -0.25) is 4.98 Å². The summed E-state index contributed by atoms with van der Waals surface area (Å²) < 4.78 is 0. The van der Waals surface area contributed by atoms with E-state index in [0.29, 0.717) is 12.1 Å². The Morgan fingerprint density at radius 1 is 1.21 bits per heavy atom. The van der Waals surface area contributed by atoms with E-state index in [4.69, 9.17) is 5.73 Å². The van der Waals surface area contributed by atoms with Gasteiger partial charge in [0, 0.05) is 44.3 Å². The Balaban J connectivity index is 2.12. The van der Waals surface area contributed by atoms with Gasteiger partial charge >= 0.3 is 0 Å². The molecule has 0 amide bonds. The number of pyridine rings is 1. The van der Waals surface area contributed by atoms with Crippen molar-refractivity contribution >= 4 is 11.4 Å². The average Bonchev–Trinajstić information content (AvgIpc) is 2.41. The summed E-state index contributed by atoms with van der Waals surface area (Å²) in [6.07, 6.45) is 3.26. The molecule has 1 heterocycles. The van der Waals surface area contributed by atoms with Crippen LogP contribution >= 0.6 is 0 Å². The Hall–Kier alpha value is -2.07. The van der Waals surface area contributed by atoms with E-state index in [9.17, 15) is 5.11 Å². The molecule has 2 rings (SSSR count). The maximum Gasteiger partial charge on any atom is 0.0831 e. The first-order valence-corrected chi connectivity index (χ1v) is 6.21. The van der Waals surface area contributed by atoms with E-state index in [0.717, 1.165) is 16.8 Å². The zero-order chi connectivity index (χ0) is 13.8. The van der Waals surface area contributed by atoms with Gasteiger partial charge in [-0.05, 0) is 29.3 Å². The molecule has 4 heteroatoms. The summed E-state index contributed by atoms with van der Waals surface area (Å²) in [7, 11) is 3.98. The summed E-state index contributed by atoms with van der Waals surface area (Å²) in [6.45, 7) is 0. The van der Waals surface area contributed by atoms with Crippen molar-refractivity contribution in [3.05, 3.63) is 53.9 Å². The van der Waals surface area contributed by atoms with Gasteiger partial charge in [0.2, 0.25) is 0 Å². The highest BCUT2D eigenvalue weighted by molar-refractivity contribution is 5.48. The van der Waals surface area contributed by atoms with Crippen LogP contribution in [0.1, 0.15) is 17.2 Å². The lowest BCUT2D eigenvalue weighted by Gasteiger charge is -2.15. The summed E-state index contributed by atoms with van der Waals surface area (Å²) >= 11 is 0. The van der Waals surface area contributed by atoms with E-state index in [1.807, 2.05) is 43.3 Å². The highest BCUT2D eigenvalue weighted by Gasteiger charge is 2.10. The van der Waals surface area contributed by atoms with Crippen molar-refractivity contribution in [2.24, 2.45) is 0 Å². The minimum absolute atomic E-state index is 0.473. The van der Waals surface area contributed by atoms with Crippen LogP contribution in [0.5, 0.6) is 0 Å². The molecule has 0 aliphatic carbocycles. The van der Waals surface area contributed by atoms with Crippen molar-refractivity contribution in [3.8, 4) is 0 Å². The van der Waals surface area contributed by atoms with Crippen molar-refractivity contribution in [2.75, 3.05) is 24.7 Å². The largest absolute Gasteiger partial charge is 0.398 e. The van der Waals surface area contributed by atoms with Crippen LogP contribution in [0.3, 0.4) is 0 Å². The highest BCUT2D eigenvalue weighted by atomic mass is 16.3. The Bertz CT molecular complexity index is 537.